The average molecular weight is 572 g/mol. The van der Waals surface area contributed by atoms with E-state index < -0.39 is 0 Å². The quantitative estimate of drug-likeness (QED) is 0.288. The molecule has 1 aliphatic rings. The Balaban J connectivity index is 1.62. The SMILES string of the molecule is CCNC(=O)Nc1cc(-c2cccc(CN(Cc3cccc(CN)c3)C(=O)CC(C)(C)C)c2)ccc1N1CCOCC1. The van der Waals surface area contributed by atoms with Crippen LogP contribution >= 0.6 is 0 Å². The molecule has 3 aromatic carbocycles. The molecule has 3 amide bonds. The average Bonchev–Trinajstić information content (AvgIpc) is 2.97. The molecule has 0 aromatic heterocycles. The molecule has 224 valence electrons. The summed E-state index contributed by atoms with van der Waals surface area (Å²) in [6.45, 7) is 13.0. The molecule has 1 saturated heterocycles. The number of carbonyl (C=O) groups excluding carboxylic acids is 2. The van der Waals surface area contributed by atoms with Crippen LogP contribution in [-0.2, 0) is 29.2 Å². The predicted molar refractivity (Wildman–Crippen MR) is 170 cm³/mol. The minimum absolute atomic E-state index is 0.119. The van der Waals surface area contributed by atoms with Crippen LogP contribution in [0.3, 0.4) is 0 Å². The third-order valence-electron chi connectivity index (χ3n) is 7.20. The molecule has 3 aromatic rings. The Bertz CT molecular complexity index is 1360. The summed E-state index contributed by atoms with van der Waals surface area (Å²) in [6, 6.07) is 22.4. The van der Waals surface area contributed by atoms with Gasteiger partial charge in [-0.15, -0.1) is 0 Å². The number of morpholine rings is 1. The van der Waals surface area contributed by atoms with Crippen molar-refractivity contribution in [3.05, 3.63) is 83.4 Å². The monoisotopic (exact) mass is 571 g/mol. The van der Waals surface area contributed by atoms with Crippen LogP contribution in [0.5, 0.6) is 0 Å². The third-order valence-corrected chi connectivity index (χ3v) is 7.20. The summed E-state index contributed by atoms with van der Waals surface area (Å²) < 4.78 is 5.54. The number of benzene rings is 3. The number of urea groups is 1. The maximum absolute atomic E-state index is 13.5. The predicted octanol–water partition coefficient (Wildman–Crippen LogP) is 5.76. The first-order chi connectivity index (χ1) is 20.1. The molecule has 0 spiro atoms. The van der Waals surface area contributed by atoms with Gasteiger partial charge in [0.1, 0.15) is 0 Å². The highest BCUT2D eigenvalue weighted by Crippen LogP contribution is 2.33. The lowest BCUT2D eigenvalue weighted by molar-refractivity contribution is -0.134. The summed E-state index contributed by atoms with van der Waals surface area (Å²) in [6.07, 6.45) is 0.459. The van der Waals surface area contributed by atoms with Crippen LogP contribution in [0.25, 0.3) is 11.1 Å². The fraction of sp³-hybridized carbons (Fsp3) is 0.412. The van der Waals surface area contributed by atoms with Gasteiger partial charge >= 0.3 is 6.03 Å². The topological polar surface area (TPSA) is 99.9 Å². The maximum atomic E-state index is 13.5. The Morgan fingerprint density at radius 1 is 0.905 bits per heavy atom. The summed E-state index contributed by atoms with van der Waals surface area (Å²) in [4.78, 5) is 30.2. The van der Waals surface area contributed by atoms with E-state index in [1.807, 2.05) is 42.2 Å². The van der Waals surface area contributed by atoms with Crippen LogP contribution in [-0.4, -0.2) is 49.7 Å². The van der Waals surface area contributed by atoms with Gasteiger partial charge in [0.05, 0.1) is 24.6 Å². The molecule has 4 rings (SSSR count). The van der Waals surface area contributed by atoms with E-state index in [-0.39, 0.29) is 17.4 Å². The zero-order chi connectivity index (χ0) is 30.1. The second-order valence-electron chi connectivity index (χ2n) is 12.0. The molecular weight excluding hydrogens is 526 g/mol. The van der Waals surface area contributed by atoms with Gasteiger partial charge in [0.2, 0.25) is 5.91 Å². The lowest BCUT2D eigenvalue weighted by Gasteiger charge is -2.31. The van der Waals surface area contributed by atoms with Crippen molar-refractivity contribution in [1.29, 1.82) is 0 Å². The second kappa shape index (κ2) is 14.3. The van der Waals surface area contributed by atoms with Crippen LogP contribution in [0.4, 0.5) is 16.2 Å². The first kappa shape index (κ1) is 31.1. The number of hydrogen-bond donors (Lipinski definition) is 3. The number of nitrogens with zero attached hydrogens (tertiary/aromatic N) is 2. The number of nitrogens with two attached hydrogens (primary N) is 1. The van der Waals surface area contributed by atoms with Gasteiger partial charge in [-0.2, -0.15) is 0 Å². The number of anilines is 2. The number of rotatable bonds is 10. The minimum atomic E-state index is -0.232. The van der Waals surface area contributed by atoms with Crippen molar-refractivity contribution >= 4 is 23.3 Å². The molecule has 0 radical (unpaired) electrons. The lowest BCUT2D eigenvalue weighted by Crippen LogP contribution is -2.37. The van der Waals surface area contributed by atoms with Crippen LogP contribution < -0.4 is 21.3 Å². The van der Waals surface area contributed by atoms with Crippen molar-refractivity contribution in [3.8, 4) is 11.1 Å². The molecule has 0 unspecified atom stereocenters. The molecular formula is C34H45N5O3. The van der Waals surface area contributed by atoms with Crippen molar-refractivity contribution in [1.82, 2.24) is 10.2 Å². The van der Waals surface area contributed by atoms with Gasteiger partial charge in [0.15, 0.2) is 0 Å². The van der Waals surface area contributed by atoms with E-state index in [0.29, 0.717) is 45.8 Å². The van der Waals surface area contributed by atoms with Crippen LogP contribution in [0.15, 0.2) is 66.7 Å². The van der Waals surface area contributed by atoms with E-state index in [4.69, 9.17) is 10.5 Å². The van der Waals surface area contributed by atoms with Gasteiger partial charge in [-0.3, -0.25) is 4.79 Å². The summed E-state index contributed by atoms with van der Waals surface area (Å²) >= 11 is 0. The van der Waals surface area contributed by atoms with Crippen molar-refractivity contribution in [2.75, 3.05) is 43.1 Å². The highest BCUT2D eigenvalue weighted by atomic mass is 16.5. The molecule has 0 saturated carbocycles. The van der Waals surface area contributed by atoms with Crippen molar-refractivity contribution in [3.63, 3.8) is 0 Å². The van der Waals surface area contributed by atoms with Gasteiger partial charge in [-0.1, -0.05) is 69.3 Å². The molecule has 8 heteroatoms. The van der Waals surface area contributed by atoms with Crippen molar-refractivity contribution < 1.29 is 14.3 Å². The Labute approximate surface area is 250 Å². The molecule has 8 nitrogen and oxygen atoms in total. The molecule has 4 N–H and O–H groups in total. The number of hydrogen-bond acceptors (Lipinski definition) is 5. The van der Waals surface area contributed by atoms with Gasteiger partial charge in [0, 0.05) is 45.7 Å². The Morgan fingerprint density at radius 2 is 1.55 bits per heavy atom. The van der Waals surface area contributed by atoms with Crippen molar-refractivity contribution in [2.24, 2.45) is 11.1 Å². The Kier molecular flexibility index (Phi) is 10.6. The fourth-order valence-electron chi connectivity index (χ4n) is 5.17. The molecule has 0 atom stereocenters. The van der Waals surface area contributed by atoms with E-state index in [1.54, 1.807) is 0 Å². The highest BCUT2D eigenvalue weighted by molar-refractivity contribution is 5.94. The maximum Gasteiger partial charge on any atom is 0.319 e. The standard InChI is InChI=1S/C34H45N5O3/c1-5-36-33(41)37-30-20-29(12-13-31(30)38-14-16-42-17-15-38)28-11-7-10-27(19-28)24-39(32(40)21-34(2,3)4)23-26-9-6-8-25(18-26)22-35/h6-13,18-20H,5,14-17,21-24,35H2,1-4H3,(H2,36,37,41). The first-order valence-corrected chi connectivity index (χ1v) is 14.8. The first-order valence-electron chi connectivity index (χ1n) is 14.8. The molecule has 42 heavy (non-hydrogen) atoms. The fourth-order valence-corrected chi connectivity index (χ4v) is 5.17. The number of amides is 3. The van der Waals surface area contributed by atoms with Gasteiger partial charge in [-0.25, -0.2) is 4.79 Å². The van der Waals surface area contributed by atoms with E-state index in [9.17, 15) is 9.59 Å². The van der Waals surface area contributed by atoms with Gasteiger partial charge < -0.3 is 30.9 Å². The number of nitrogens with one attached hydrogen (secondary N) is 2. The second-order valence-corrected chi connectivity index (χ2v) is 12.0. The summed E-state index contributed by atoms with van der Waals surface area (Å²) in [5.74, 6) is 0.120. The summed E-state index contributed by atoms with van der Waals surface area (Å²) in [7, 11) is 0. The van der Waals surface area contributed by atoms with Crippen LogP contribution in [0.2, 0.25) is 0 Å². The van der Waals surface area contributed by atoms with E-state index in [1.165, 1.54) is 0 Å². The Morgan fingerprint density at radius 3 is 2.21 bits per heavy atom. The smallest absolute Gasteiger partial charge is 0.319 e. The van der Waals surface area contributed by atoms with E-state index >= 15 is 0 Å². The van der Waals surface area contributed by atoms with Crippen LogP contribution in [0.1, 0.15) is 50.8 Å². The van der Waals surface area contributed by atoms with Crippen LogP contribution in [0, 0.1) is 5.41 Å². The van der Waals surface area contributed by atoms with Gasteiger partial charge in [-0.05, 0) is 58.4 Å². The molecule has 1 heterocycles. The van der Waals surface area contributed by atoms with E-state index in [2.05, 4.69) is 72.7 Å². The van der Waals surface area contributed by atoms with Crippen molar-refractivity contribution in [2.45, 2.75) is 53.8 Å². The largest absolute Gasteiger partial charge is 0.378 e. The molecule has 1 fully saturated rings. The molecule has 1 aliphatic heterocycles. The minimum Gasteiger partial charge on any atom is -0.378 e. The Hall–Kier alpha value is -3.88. The third kappa shape index (κ3) is 8.81. The molecule has 0 bridgehead atoms. The normalized spacial score (nSPS) is 13.5. The summed E-state index contributed by atoms with van der Waals surface area (Å²) in [5, 5.41) is 5.87. The number of ether oxygens (including phenoxy) is 1. The summed E-state index contributed by atoms with van der Waals surface area (Å²) in [5.41, 5.74) is 12.7. The van der Waals surface area contributed by atoms with Gasteiger partial charge in [0.25, 0.3) is 0 Å². The zero-order valence-corrected chi connectivity index (χ0v) is 25.4. The molecule has 0 aliphatic carbocycles. The number of carbonyl (C=O) groups is 2. The lowest BCUT2D eigenvalue weighted by atomic mass is 9.91. The van der Waals surface area contributed by atoms with E-state index in [0.717, 1.165) is 52.3 Å². The zero-order valence-electron chi connectivity index (χ0n) is 25.4. The highest BCUT2D eigenvalue weighted by Gasteiger charge is 2.22.